The Bertz CT molecular complexity index is 1080. The highest BCUT2D eigenvalue weighted by atomic mass is 32.2. The minimum atomic E-state index is -0.445. The van der Waals surface area contributed by atoms with Gasteiger partial charge in [0.15, 0.2) is 10.9 Å². The molecule has 1 aliphatic rings. The van der Waals surface area contributed by atoms with Crippen LogP contribution < -0.4 is 11.3 Å². The number of ether oxygens (including phenoxy) is 1. The van der Waals surface area contributed by atoms with Crippen molar-refractivity contribution in [3.63, 3.8) is 0 Å². The van der Waals surface area contributed by atoms with Crippen LogP contribution in [0.25, 0.3) is 11.0 Å². The van der Waals surface area contributed by atoms with Crippen LogP contribution in [0.4, 0.5) is 5.82 Å². The van der Waals surface area contributed by atoms with Crippen LogP contribution >= 0.6 is 23.3 Å². The Morgan fingerprint density at radius 2 is 2.19 bits per heavy atom. The molecule has 0 aromatic carbocycles. The van der Waals surface area contributed by atoms with Gasteiger partial charge in [-0.2, -0.15) is 9.36 Å². The molecular weight excluding hydrogens is 384 g/mol. The van der Waals surface area contributed by atoms with Gasteiger partial charge in [-0.25, -0.2) is 4.40 Å². The van der Waals surface area contributed by atoms with Crippen molar-refractivity contribution in [1.29, 1.82) is 0 Å². The van der Waals surface area contributed by atoms with Gasteiger partial charge in [0.2, 0.25) is 10.7 Å². The summed E-state index contributed by atoms with van der Waals surface area (Å²) in [5.74, 6) is 1.09. The molecule has 2 heterocycles. The summed E-state index contributed by atoms with van der Waals surface area (Å²) in [6, 6.07) is 0. The first-order chi connectivity index (χ1) is 13.0. The molecule has 0 amide bonds. The number of aromatic nitrogens is 3. The maximum atomic E-state index is 12.5. The topological polar surface area (TPSA) is 99.6 Å². The van der Waals surface area contributed by atoms with Crippen LogP contribution in [0.3, 0.4) is 0 Å². The van der Waals surface area contributed by atoms with Gasteiger partial charge in [-0.15, -0.1) is 6.58 Å². The number of hydrogen-bond donors (Lipinski definition) is 1. The second-order valence-corrected chi connectivity index (χ2v) is 7.54. The lowest BCUT2D eigenvalue weighted by Gasteiger charge is -2.14. The molecule has 140 valence electrons. The number of Topliss-reactive ketones (excluding diaryl/α,β-unsaturated/α-hetero) is 1. The quantitative estimate of drug-likeness (QED) is 0.586. The summed E-state index contributed by atoms with van der Waals surface area (Å²) in [5, 5.41) is 0.692. The van der Waals surface area contributed by atoms with E-state index in [1.165, 1.54) is 18.9 Å². The number of ketones is 1. The molecule has 2 N–H and O–H groups in total. The lowest BCUT2D eigenvalue weighted by molar-refractivity contribution is -0.115. The Morgan fingerprint density at radius 3 is 2.85 bits per heavy atom. The molecule has 1 aliphatic carbocycles. The number of nitrogen functional groups attached to an aromatic ring is 1. The highest BCUT2D eigenvalue weighted by Crippen LogP contribution is 2.27. The number of fused-ring (bicyclic) bond motifs is 1. The number of carbonyl (C=O) groups excluding carboxylic acids is 1. The third-order valence-electron chi connectivity index (χ3n) is 3.86. The number of methoxy groups -OCH3 is 1. The van der Waals surface area contributed by atoms with Gasteiger partial charge in [-0.1, -0.05) is 24.8 Å². The maximum absolute atomic E-state index is 12.5. The van der Waals surface area contributed by atoms with E-state index in [0.29, 0.717) is 27.7 Å². The number of nitrogens with two attached hydrogens (primary N) is 1. The summed E-state index contributed by atoms with van der Waals surface area (Å²) in [7, 11) is 1.43. The molecule has 0 radical (unpaired) electrons. The summed E-state index contributed by atoms with van der Waals surface area (Å²) < 4.78 is 11.2. The van der Waals surface area contributed by atoms with E-state index in [2.05, 4.69) is 15.9 Å². The molecule has 0 saturated carbocycles. The fourth-order valence-electron chi connectivity index (χ4n) is 2.64. The molecule has 0 saturated heterocycles. The lowest BCUT2D eigenvalue weighted by atomic mass is 9.95. The predicted molar refractivity (Wildman–Crippen MR) is 109 cm³/mol. The minimum Gasteiger partial charge on any atom is -0.493 e. The summed E-state index contributed by atoms with van der Waals surface area (Å²) in [4.78, 5) is 29.3. The van der Waals surface area contributed by atoms with Crippen molar-refractivity contribution in [2.24, 2.45) is 0 Å². The predicted octanol–water partition coefficient (Wildman–Crippen LogP) is 2.84. The molecule has 9 heteroatoms. The lowest BCUT2D eigenvalue weighted by Crippen LogP contribution is -2.17. The van der Waals surface area contributed by atoms with Crippen molar-refractivity contribution >= 4 is 45.9 Å². The number of anilines is 1. The van der Waals surface area contributed by atoms with Crippen molar-refractivity contribution in [3.05, 3.63) is 57.6 Å². The third-order valence-corrected chi connectivity index (χ3v) is 5.49. The molecule has 2 aromatic heterocycles. The van der Waals surface area contributed by atoms with Crippen LogP contribution in [0.5, 0.6) is 0 Å². The smallest absolute Gasteiger partial charge is 0.283 e. The first kappa shape index (κ1) is 19.1. The molecule has 0 atom stereocenters. The average Bonchev–Trinajstić information content (AvgIpc) is 3.04. The van der Waals surface area contributed by atoms with Gasteiger partial charge < -0.3 is 10.5 Å². The van der Waals surface area contributed by atoms with Gasteiger partial charge in [0.1, 0.15) is 5.82 Å². The molecule has 2 aromatic rings. The van der Waals surface area contributed by atoms with E-state index >= 15 is 0 Å². The highest BCUT2D eigenvalue weighted by Gasteiger charge is 2.21. The van der Waals surface area contributed by atoms with E-state index in [1.807, 2.05) is 6.92 Å². The number of rotatable bonds is 6. The van der Waals surface area contributed by atoms with E-state index < -0.39 is 5.56 Å². The molecule has 0 unspecified atom stereocenters. The number of thioether (sulfide) groups is 1. The Kier molecular flexibility index (Phi) is 5.62. The van der Waals surface area contributed by atoms with Crippen molar-refractivity contribution in [1.82, 2.24) is 13.8 Å². The van der Waals surface area contributed by atoms with E-state index in [4.69, 9.17) is 10.5 Å². The van der Waals surface area contributed by atoms with E-state index in [1.54, 1.807) is 28.7 Å². The Morgan fingerprint density at radius 1 is 1.41 bits per heavy atom. The average molecular weight is 403 g/mol. The van der Waals surface area contributed by atoms with Crippen molar-refractivity contribution < 1.29 is 9.53 Å². The third kappa shape index (κ3) is 3.60. The largest absolute Gasteiger partial charge is 0.493 e. The van der Waals surface area contributed by atoms with Gasteiger partial charge in [0.25, 0.3) is 5.56 Å². The fraction of sp³-hybridized carbons (Fsp3) is 0.222. The number of nitrogens with zero attached hydrogens (tertiary/aromatic N) is 3. The standard InChI is InChI=1S/C18H18N4O3S2/c1-4-6-11-7-10(9-13(25-3)14(11)23)8-12-15(19)22-17(20-16(12)24)27-21-18(22)26-5-2/h4,7-9H,1,5-6,19H2,2-3H3. The zero-order valence-corrected chi connectivity index (χ0v) is 16.5. The van der Waals surface area contributed by atoms with Crippen LogP contribution in [0, 0.1) is 0 Å². The highest BCUT2D eigenvalue weighted by molar-refractivity contribution is 7.99. The van der Waals surface area contributed by atoms with Crippen LogP contribution in [-0.4, -0.2) is 32.4 Å². The fourth-order valence-corrected chi connectivity index (χ4v) is 4.23. The second-order valence-electron chi connectivity index (χ2n) is 5.58. The van der Waals surface area contributed by atoms with Gasteiger partial charge >= 0.3 is 0 Å². The molecular formula is C18H18N4O3S2. The zero-order valence-electron chi connectivity index (χ0n) is 14.9. The van der Waals surface area contributed by atoms with E-state index in [0.717, 1.165) is 17.3 Å². The number of carbonyl (C=O) groups is 1. The van der Waals surface area contributed by atoms with Crippen molar-refractivity contribution in [2.45, 2.75) is 18.5 Å². The van der Waals surface area contributed by atoms with Crippen molar-refractivity contribution in [2.75, 3.05) is 18.6 Å². The van der Waals surface area contributed by atoms with Crippen LogP contribution in [-0.2, 0) is 9.53 Å². The number of allylic oxidation sites excluding steroid dienone is 5. The summed E-state index contributed by atoms with van der Waals surface area (Å²) >= 11 is 2.65. The molecule has 27 heavy (non-hydrogen) atoms. The van der Waals surface area contributed by atoms with Crippen LogP contribution in [0.15, 0.2) is 51.7 Å². The monoisotopic (exact) mass is 402 g/mol. The second kappa shape index (κ2) is 7.93. The van der Waals surface area contributed by atoms with Crippen molar-refractivity contribution in [3.8, 4) is 0 Å². The molecule has 0 fully saturated rings. The molecule has 0 spiro atoms. The minimum absolute atomic E-state index is 0.198. The van der Waals surface area contributed by atoms with Gasteiger partial charge in [0, 0.05) is 17.1 Å². The van der Waals surface area contributed by atoms with E-state index in [9.17, 15) is 9.59 Å². The van der Waals surface area contributed by atoms with Crippen LogP contribution in [0.2, 0.25) is 0 Å². The maximum Gasteiger partial charge on any atom is 0.283 e. The Labute approximate surface area is 164 Å². The Hall–Kier alpha value is -2.65. The van der Waals surface area contributed by atoms with E-state index in [-0.39, 0.29) is 22.9 Å². The van der Waals surface area contributed by atoms with Gasteiger partial charge in [0.05, 0.1) is 12.7 Å². The molecule has 0 bridgehead atoms. The Balaban J connectivity index is 2.18. The summed E-state index contributed by atoms with van der Waals surface area (Å²) in [6.45, 7) is 5.68. The first-order valence-corrected chi connectivity index (χ1v) is 9.90. The normalized spacial score (nSPS) is 15.8. The SMILES string of the molecule is C=CCC1=CC(=Cc2c(N)n3c(SCC)nsc3nc2=O)C=C(OC)C1=O. The summed E-state index contributed by atoms with van der Waals surface area (Å²) in [6.07, 6.45) is 6.93. The molecule has 7 nitrogen and oxygen atoms in total. The van der Waals surface area contributed by atoms with Crippen LogP contribution in [0.1, 0.15) is 18.9 Å². The molecule has 0 aliphatic heterocycles. The zero-order chi connectivity index (χ0) is 19.6. The first-order valence-electron chi connectivity index (χ1n) is 8.14. The van der Waals surface area contributed by atoms with Gasteiger partial charge in [-0.05, 0) is 36.0 Å². The number of hydrogen-bond acceptors (Lipinski definition) is 8. The molecule has 3 rings (SSSR count). The van der Waals surface area contributed by atoms with Gasteiger partial charge in [-0.3, -0.25) is 9.59 Å². The summed E-state index contributed by atoms with van der Waals surface area (Å²) in [5.41, 5.74) is 7.23.